The van der Waals surface area contributed by atoms with Gasteiger partial charge in [0, 0.05) is 16.0 Å². The van der Waals surface area contributed by atoms with Gasteiger partial charge in [-0.3, -0.25) is 9.69 Å². The lowest BCUT2D eigenvalue weighted by Gasteiger charge is -2.30. The van der Waals surface area contributed by atoms with Crippen molar-refractivity contribution >= 4 is 27.5 Å². The molecule has 4 rings (SSSR count). The minimum absolute atomic E-state index is 0.163. The molecule has 10 heteroatoms. The number of carbonyl (C=O) groups is 1. The molecule has 0 radical (unpaired) electrons. The normalized spacial score (nSPS) is 14.8. The number of aromatic nitrogens is 2. The monoisotopic (exact) mass is 518 g/mol. The van der Waals surface area contributed by atoms with Gasteiger partial charge in [-0.25, -0.2) is 4.39 Å². The number of methoxy groups -OCH3 is 2. The van der Waals surface area contributed by atoms with Gasteiger partial charge in [0.05, 0.1) is 26.5 Å². The Morgan fingerprint density at radius 1 is 1.18 bits per heavy atom. The second-order valence-electron chi connectivity index (χ2n) is 7.75. The van der Waals surface area contributed by atoms with E-state index in [1.165, 1.54) is 6.07 Å². The molecule has 1 saturated heterocycles. The number of ether oxygens (including phenoxy) is 2. The highest BCUT2D eigenvalue weighted by molar-refractivity contribution is 9.10. The molecule has 33 heavy (non-hydrogen) atoms. The number of nitrogens with one attached hydrogen (secondary N) is 1. The second-order valence-corrected chi connectivity index (χ2v) is 8.66. The highest BCUT2D eigenvalue weighted by atomic mass is 79.9. The quantitative estimate of drug-likeness (QED) is 0.492. The number of benzene rings is 2. The van der Waals surface area contributed by atoms with E-state index >= 15 is 0 Å². The van der Waals surface area contributed by atoms with Crippen LogP contribution in [0.2, 0.25) is 0 Å². The van der Waals surface area contributed by atoms with E-state index in [4.69, 9.17) is 14.0 Å². The first kappa shape index (κ1) is 23.2. The summed E-state index contributed by atoms with van der Waals surface area (Å²) in [5, 5.41) is 6.77. The summed E-state index contributed by atoms with van der Waals surface area (Å²) in [6, 6.07) is 10.0. The van der Waals surface area contributed by atoms with Crippen LogP contribution in [0, 0.1) is 11.7 Å². The fraction of sp³-hybridized carbons (Fsp3) is 0.348. The number of halogens is 2. The van der Waals surface area contributed by atoms with Crippen molar-refractivity contribution in [1.29, 1.82) is 0 Å². The summed E-state index contributed by atoms with van der Waals surface area (Å²) in [7, 11) is 3.15. The SMILES string of the molecule is COc1ccc(-c2noc(CN3CCC(C(=O)Nc4ccc(Br)cc4F)CC3)n2)cc1OC. The minimum Gasteiger partial charge on any atom is -0.493 e. The maximum Gasteiger partial charge on any atom is 0.241 e. The van der Waals surface area contributed by atoms with Gasteiger partial charge in [0.2, 0.25) is 17.6 Å². The first-order valence-electron chi connectivity index (χ1n) is 10.5. The second kappa shape index (κ2) is 10.3. The number of likely N-dealkylation sites (tertiary alicyclic amines) is 1. The zero-order chi connectivity index (χ0) is 23.4. The van der Waals surface area contributed by atoms with E-state index < -0.39 is 5.82 Å². The molecular weight excluding hydrogens is 495 g/mol. The van der Waals surface area contributed by atoms with Gasteiger partial charge in [-0.1, -0.05) is 21.1 Å². The number of carbonyl (C=O) groups excluding carboxylic acids is 1. The smallest absolute Gasteiger partial charge is 0.241 e. The third-order valence-corrected chi connectivity index (χ3v) is 6.11. The topological polar surface area (TPSA) is 89.7 Å². The summed E-state index contributed by atoms with van der Waals surface area (Å²) in [5.41, 5.74) is 0.956. The Kier molecular flexibility index (Phi) is 7.24. The number of anilines is 1. The Morgan fingerprint density at radius 2 is 1.94 bits per heavy atom. The fourth-order valence-corrected chi connectivity index (χ4v) is 4.11. The van der Waals surface area contributed by atoms with Crippen LogP contribution in [0.25, 0.3) is 11.4 Å². The van der Waals surface area contributed by atoms with Gasteiger partial charge in [-0.15, -0.1) is 0 Å². The molecule has 174 valence electrons. The molecule has 1 aliphatic heterocycles. The van der Waals surface area contributed by atoms with E-state index in [9.17, 15) is 9.18 Å². The largest absolute Gasteiger partial charge is 0.493 e. The summed E-state index contributed by atoms with van der Waals surface area (Å²) in [4.78, 5) is 19.2. The van der Waals surface area contributed by atoms with Gasteiger partial charge >= 0.3 is 0 Å². The van der Waals surface area contributed by atoms with E-state index in [2.05, 4.69) is 36.3 Å². The zero-order valence-electron chi connectivity index (χ0n) is 18.3. The highest BCUT2D eigenvalue weighted by Crippen LogP contribution is 2.31. The zero-order valence-corrected chi connectivity index (χ0v) is 19.9. The fourth-order valence-electron chi connectivity index (χ4n) is 3.78. The van der Waals surface area contributed by atoms with Crippen LogP contribution in [0.5, 0.6) is 11.5 Å². The van der Waals surface area contributed by atoms with Crippen LogP contribution in [-0.4, -0.2) is 48.3 Å². The summed E-state index contributed by atoms with van der Waals surface area (Å²) in [6.45, 7) is 1.90. The Bertz CT molecular complexity index is 1130. The van der Waals surface area contributed by atoms with Gasteiger partial charge in [0.25, 0.3) is 0 Å². The standard InChI is InChI=1S/C23H24BrFN4O4/c1-31-19-6-3-15(11-20(19)32-2)22-27-21(33-28-22)13-29-9-7-14(8-10-29)23(30)26-18-5-4-16(24)12-17(18)25/h3-6,11-12,14H,7-10,13H2,1-2H3,(H,26,30). The summed E-state index contributed by atoms with van der Waals surface area (Å²) < 4.78 is 30.6. The molecule has 1 aliphatic rings. The molecule has 1 N–H and O–H groups in total. The lowest BCUT2D eigenvalue weighted by molar-refractivity contribution is -0.121. The average molecular weight is 519 g/mol. The molecule has 1 fully saturated rings. The van der Waals surface area contributed by atoms with E-state index in [-0.39, 0.29) is 17.5 Å². The molecule has 0 aliphatic carbocycles. The predicted molar refractivity (Wildman–Crippen MR) is 124 cm³/mol. The molecular formula is C23H24BrFN4O4. The van der Waals surface area contributed by atoms with Crippen LogP contribution in [0.3, 0.4) is 0 Å². The Balaban J connectivity index is 1.31. The molecule has 3 aromatic rings. The van der Waals surface area contributed by atoms with Crippen molar-refractivity contribution in [1.82, 2.24) is 15.0 Å². The van der Waals surface area contributed by atoms with Gasteiger partial charge < -0.3 is 19.3 Å². The molecule has 0 saturated carbocycles. The van der Waals surface area contributed by atoms with Crippen molar-refractivity contribution in [3.8, 4) is 22.9 Å². The first-order chi connectivity index (χ1) is 16.0. The molecule has 8 nitrogen and oxygen atoms in total. The average Bonchev–Trinajstić information content (AvgIpc) is 3.29. The third kappa shape index (κ3) is 5.51. The maximum absolute atomic E-state index is 14.0. The highest BCUT2D eigenvalue weighted by Gasteiger charge is 2.26. The van der Waals surface area contributed by atoms with Crippen LogP contribution >= 0.6 is 15.9 Å². The van der Waals surface area contributed by atoms with Crippen LogP contribution in [-0.2, 0) is 11.3 Å². The van der Waals surface area contributed by atoms with Crippen molar-refractivity contribution in [3.05, 3.63) is 52.6 Å². The van der Waals surface area contributed by atoms with Crippen LogP contribution in [0.1, 0.15) is 18.7 Å². The van der Waals surface area contributed by atoms with Gasteiger partial charge in [0.1, 0.15) is 5.82 Å². The third-order valence-electron chi connectivity index (χ3n) is 5.62. The summed E-state index contributed by atoms with van der Waals surface area (Å²) in [5.74, 6) is 1.39. The van der Waals surface area contributed by atoms with Gasteiger partial charge in [0.15, 0.2) is 11.5 Å². The van der Waals surface area contributed by atoms with E-state index in [1.807, 2.05) is 6.07 Å². The summed E-state index contributed by atoms with van der Waals surface area (Å²) in [6.07, 6.45) is 1.33. The Morgan fingerprint density at radius 3 is 2.64 bits per heavy atom. The number of hydrogen-bond acceptors (Lipinski definition) is 7. The molecule has 0 unspecified atom stereocenters. The van der Waals surface area contributed by atoms with E-state index in [1.54, 1.807) is 38.5 Å². The van der Waals surface area contributed by atoms with E-state index in [0.717, 1.165) is 5.56 Å². The molecule has 2 aromatic carbocycles. The molecule has 0 atom stereocenters. The van der Waals surface area contributed by atoms with Crippen molar-refractivity contribution in [2.75, 3.05) is 32.6 Å². The van der Waals surface area contributed by atoms with E-state index in [0.29, 0.717) is 60.2 Å². The van der Waals surface area contributed by atoms with Crippen LogP contribution in [0.4, 0.5) is 10.1 Å². The first-order valence-corrected chi connectivity index (χ1v) is 11.3. The summed E-state index contributed by atoms with van der Waals surface area (Å²) >= 11 is 3.21. The Hall–Kier alpha value is -2.98. The van der Waals surface area contributed by atoms with Crippen molar-refractivity contribution < 1.29 is 23.2 Å². The maximum atomic E-state index is 14.0. The number of piperidine rings is 1. The number of hydrogen-bond donors (Lipinski definition) is 1. The minimum atomic E-state index is -0.461. The number of nitrogens with zero attached hydrogens (tertiary/aromatic N) is 3. The number of amides is 1. The van der Waals surface area contributed by atoms with Gasteiger partial charge in [-0.05, 0) is 62.3 Å². The molecule has 0 spiro atoms. The predicted octanol–water partition coefficient (Wildman–Crippen LogP) is 4.51. The van der Waals surface area contributed by atoms with Crippen molar-refractivity contribution in [2.24, 2.45) is 5.92 Å². The molecule has 0 bridgehead atoms. The number of rotatable bonds is 7. The molecule has 1 amide bonds. The van der Waals surface area contributed by atoms with Crippen molar-refractivity contribution in [3.63, 3.8) is 0 Å². The molecule has 1 aromatic heterocycles. The molecule has 2 heterocycles. The van der Waals surface area contributed by atoms with Gasteiger partial charge in [-0.2, -0.15) is 4.98 Å². The van der Waals surface area contributed by atoms with Crippen molar-refractivity contribution in [2.45, 2.75) is 19.4 Å². The lowest BCUT2D eigenvalue weighted by atomic mass is 9.96. The Labute approximate surface area is 199 Å². The lowest BCUT2D eigenvalue weighted by Crippen LogP contribution is -2.37. The van der Waals surface area contributed by atoms with Crippen LogP contribution < -0.4 is 14.8 Å². The van der Waals surface area contributed by atoms with Crippen LogP contribution in [0.15, 0.2) is 45.4 Å².